The van der Waals surface area contributed by atoms with Gasteiger partial charge in [-0.2, -0.15) is 13.2 Å². The molecule has 1 fully saturated rings. The number of aryl methyl sites for hydroxylation is 2. The molecule has 1 aliphatic heterocycles. The Bertz CT molecular complexity index is 851. The Labute approximate surface area is 169 Å². The second-order valence-corrected chi connectivity index (χ2v) is 7.64. The van der Waals surface area contributed by atoms with Gasteiger partial charge in [0.05, 0.1) is 12.2 Å². The van der Waals surface area contributed by atoms with Crippen molar-refractivity contribution in [3.63, 3.8) is 0 Å². The van der Waals surface area contributed by atoms with E-state index in [4.69, 9.17) is 12.2 Å². The van der Waals surface area contributed by atoms with Crippen molar-refractivity contribution in [2.75, 3.05) is 25.1 Å². The van der Waals surface area contributed by atoms with E-state index in [0.717, 1.165) is 38.2 Å². The lowest BCUT2D eigenvalue weighted by Gasteiger charge is -2.37. The number of nitrogens with zero attached hydrogens (tertiary/aromatic N) is 2. The van der Waals surface area contributed by atoms with E-state index >= 15 is 0 Å². The number of benzene rings is 2. The number of rotatable bonds is 3. The Morgan fingerprint density at radius 3 is 2.64 bits per heavy atom. The maximum absolute atomic E-state index is 12.9. The third-order valence-corrected chi connectivity index (χ3v) is 5.26. The highest BCUT2D eigenvalue weighted by Crippen LogP contribution is 2.30. The second-order valence-electron chi connectivity index (χ2n) is 7.25. The molecule has 0 radical (unpaired) electrons. The van der Waals surface area contributed by atoms with E-state index < -0.39 is 11.7 Å². The van der Waals surface area contributed by atoms with Gasteiger partial charge in [-0.25, -0.2) is 0 Å². The Morgan fingerprint density at radius 1 is 1.11 bits per heavy atom. The van der Waals surface area contributed by atoms with Crippen molar-refractivity contribution in [1.29, 1.82) is 0 Å². The Morgan fingerprint density at radius 2 is 1.89 bits per heavy atom. The largest absolute Gasteiger partial charge is 0.416 e. The lowest BCUT2D eigenvalue weighted by molar-refractivity contribution is -0.137. The number of hydrogen-bond acceptors (Lipinski definition) is 2. The van der Waals surface area contributed by atoms with Crippen LogP contribution in [0.15, 0.2) is 42.5 Å². The van der Waals surface area contributed by atoms with Crippen molar-refractivity contribution in [2.24, 2.45) is 0 Å². The molecule has 1 N–H and O–H groups in total. The van der Waals surface area contributed by atoms with Gasteiger partial charge in [0.15, 0.2) is 5.11 Å². The molecular formula is C21H24F3N3S. The van der Waals surface area contributed by atoms with Gasteiger partial charge in [0, 0.05) is 25.3 Å². The molecule has 150 valence electrons. The van der Waals surface area contributed by atoms with Gasteiger partial charge in [0.25, 0.3) is 0 Å². The zero-order valence-electron chi connectivity index (χ0n) is 16.0. The molecule has 0 amide bonds. The van der Waals surface area contributed by atoms with E-state index in [0.29, 0.717) is 17.5 Å². The van der Waals surface area contributed by atoms with Crippen LogP contribution in [0.2, 0.25) is 0 Å². The molecule has 0 bridgehead atoms. The molecular weight excluding hydrogens is 383 g/mol. The Kier molecular flexibility index (Phi) is 6.25. The topological polar surface area (TPSA) is 18.5 Å². The van der Waals surface area contributed by atoms with Gasteiger partial charge < -0.3 is 10.2 Å². The average molecular weight is 408 g/mol. The third kappa shape index (κ3) is 5.23. The molecule has 1 aliphatic rings. The summed E-state index contributed by atoms with van der Waals surface area (Å²) in [6.07, 6.45) is -3.41. The van der Waals surface area contributed by atoms with Crippen LogP contribution in [0.4, 0.5) is 18.9 Å². The zero-order valence-corrected chi connectivity index (χ0v) is 16.8. The number of thiocarbonyl (C=S) groups is 1. The first-order chi connectivity index (χ1) is 13.2. The highest BCUT2D eigenvalue weighted by Gasteiger charge is 2.30. The van der Waals surface area contributed by atoms with Gasteiger partial charge in [0.1, 0.15) is 0 Å². The summed E-state index contributed by atoms with van der Waals surface area (Å²) in [5.74, 6) is 0. The summed E-state index contributed by atoms with van der Waals surface area (Å²) >= 11 is 5.46. The van der Waals surface area contributed by atoms with E-state index in [1.165, 1.54) is 22.8 Å². The Balaban J connectivity index is 1.64. The monoisotopic (exact) mass is 407 g/mol. The molecule has 3 rings (SSSR count). The second kappa shape index (κ2) is 8.49. The number of nitrogens with one attached hydrogen (secondary N) is 1. The summed E-state index contributed by atoms with van der Waals surface area (Å²) in [6, 6.07) is 11.6. The molecule has 2 aromatic carbocycles. The minimum atomic E-state index is -4.37. The fraction of sp³-hybridized carbons (Fsp3) is 0.381. The SMILES string of the molecule is Cc1ccc(C)c(CN2CCCN(C(=S)Nc3cccc(C(F)(F)F)c3)C2)c1. The molecule has 0 aliphatic carbocycles. The number of alkyl halides is 3. The molecule has 28 heavy (non-hydrogen) atoms. The standard InChI is InChI=1S/C21H24F3N3S/c1-15-7-8-16(2)17(11-15)13-26-9-4-10-27(14-26)20(28)25-19-6-3-5-18(12-19)21(22,23)24/h3,5-8,11-12H,4,9-10,13-14H2,1-2H3,(H,25,28). The lowest BCUT2D eigenvalue weighted by atomic mass is 10.0. The van der Waals surface area contributed by atoms with Crippen molar-refractivity contribution >= 4 is 23.0 Å². The first-order valence-corrected chi connectivity index (χ1v) is 9.65. The molecule has 1 heterocycles. The van der Waals surface area contributed by atoms with Crippen LogP contribution in [0.1, 0.15) is 28.7 Å². The number of anilines is 1. The number of hydrogen-bond donors (Lipinski definition) is 1. The summed E-state index contributed by atoms with van der Waals surface area (Å²) in [4.78, 5) is 4.32. The predicted octanol–water partition coefficient (Wildman–Crippen LogP) is 5.18. The van der Waals surface area contributed by atoms with E-state index in [1.54, 1.807) is 6.07 Å². The molecule has 0 aromatic heterocycles. The van der Waals surface area contributed by atoms with Gasteiger partial charge in [-0.3, -0.25) is 4.90 Å². The maximum atomic E-state index is 12.9. The molecule has 2 aromatic rings. The van der Waals surface area contributed by atoms with Crippen molar-refractivity contribution in [3.8, 4) is 0 Å². The molecule has 7 heteroatoms. The molecule has 0 saturated carbocycles. The molecule has 0 spiro atoms. The maximum Gasteiger partial charge on any atom is 0.416 e. The van der Waals surface area contributed by atoms with E-state index in [9.17, 15) is 13.2 Å². The first-order valence-electron chi connectivity index (χ1n) is 9.24. The summed E-state index contributed by atoms with van der Waals surface area (Å²) in [5, 5.41) is 3.41. The Hall–Kier alpha value is -2.12. The van der Waals surface area contributed by atoms with Crippen LogP contribution in [0, 0.1) is 13.8 Å². The van der Waals surface area contributed by atoms with Crippen molar-refractivity contribution < 1.29 is 13.2 Å². The number of halogens is 3. The van der Waals surface area contributed by atoms with Crippen molar-refractivity contribution in [1.82, 2.24) is 9.80 Å². The van der Waals surface area contributed by atoms with E-state index in [2.05, 4.69) is 42.3 Å². The highest BCUT2D eigenvalue weighted by atomic mass is 32.1. The fourth-order valence-corrected chi connectivity index (χ4v) is 3.62. The van der Waals surface area contributed by atoms with E-state index in [1.807, 2.05) is 4.90 Å². The average Bonchev–Trinajstić information content (AvgIpc) is 2.64. The zero-order chi connectivity index (χ0) is 20.3. The summed E-state index contributed by atoms with van der Waals surface area (Å²) in [7, 11) is 0. The molecule has 0 unspecified atom stereocenters. The fourth-order valence-electron chi connectivity index (χ4n) is 3.35. The van der Waals surface area contributed by atoms with Crippen LogP contribution >= 0.6 is 12.2 Å². The van der Waals surface area contributed by atoms with Crippen LogP contribution < -0.4 is 5.32 Å². The van der Waals surface area contributed by atoms with Crippen LogP contribution in [0.5, 0.6) is 0 Å². The quantitative estimate of drug-likeness (QED) is 0.706. The highest BCUT2D eigenvalue weighted by molar-refractivity contribution is 7.80. The van der Waals surface area contributed by atoms with E-state index in [-0.39, 0.29) is 0 Å². The van der Waals surface area contributed by atoms with Gasteiger partial charge in [0.2, 0.25) is 0 Å². The lowest BCUT2D eigenvalue weighted by Crippen LogP contribution is -2.48. The van der Waals surface area contributed by atoms with Gasteiger partial charge in [-0.1, -0.05) is 29.8 Å². The third-order valence-electron chi connectivity index (χ3n) is 4.90. The first kappa shape index (κ1) is 20.6. The molecule has 3 nitrogen and oxygen atoms in total. The van der Waals surface area contributed by atoms with Crippen LogP contribution in [-0.2, 0) is 12.7 Å². The van der Waals surface area contributed by atoms with Crippen LogP contribution in [-0.4, -0.2) is 34.7 Å². The van der Waals surface area contributed by atoms with Gasteiger partial charge >= 0.3 is 6.18 Å². The summed E-state index contributed by atoms with van der Waals surface area (Å²) in [6.45, 7) is 7.42. The van der Waals surface area contributed by atoms with Gasteiger partial charge in [-0.05, 0) is 61.8 Å². The smallest absolute Gasteiger partial charge is 0.336 e. The molecule has 1 saturated heterocycles. The summed E-state index contributed by atoms with van der Waals surface area (Å²) < 4.78 is 38.7. The van der Waals surface area contributed by atoms with Crippen LogP contribution in [0.3, 0.4) is 0 Å². The van der Waals surface area contributed by atoms with Crippen molar-refractivity contribution in [3.05, 3.63) is 64.7 Å². The summed E-state index contributed by atoms with van der Waals surface area (Å²) in [5.41, 5.74) is 3.45. The predicted molar refractivity (Wildman–Crippen MR) is 110 cm³/mol. The van der Waals surface area contributed by atoms with Crippen LogP contribution in [0.25, 0.3) is 0 Å². The minimum Gasteiger partial charge on any atom is -0.336 e. The molecule has 0 atom stereocenters. The minimum absolute atomic E-state index is 0.353. The van der Waals surface area contributed by atoms with Gasteiger partial charge in [-0.15, -0.1) is 0 Å². The van der Waals surface area contributed by atoms with Crippen molar-refractivity contribution in [2.45, 2.75) is 33.0 Å². The normalized spacial score (nSPS) is 15.5.